The first-order valence-electron chi connectivity index (χ1n) is 11.0. The van der Waals surface area contributed by atoms with Crippen molar-refractivity contribution in [3.63, 3.8) is 0 Å². The highest BCUT2D eigenvalue weighted by Gasteiger charge is 2.34. The summed E-state index contributed by atoms with van der Waals surface area (Å²) in [7, 11) is 1.58. The van der Waals surface area contributed by atoms with Gasteiger partial charge >= 0.3 is 0 Å². The molecule has 1 amide bonds. The Balaban J connectivity index is 1.43. The highest BCUT2D eigenvalue weighted by atomic mass is 79.9. The monoisotopic (exact) mass is 595 g/mol. The largest absolute Gasteiger partial charge is 0.493 e. The topological polar surface area (TPSA) is 38.8 Å². The molecule has 0 aromatic heterocycles. The summed E-state index contributed by atoms with van der Waals surface area (Å²) >= 11 is 16.7. The molecule has 1 saturated heterocycles. The molecule has 4 nitrogen and oxygen atoms in total. The van der Waals surface area contributed by atoms with Gasteiger partial charge in [-0.05, 0) is 57.2 Å². The second-order valence-corrected chi connectivity index (χ2v) is 10.9. The molecule has 0 aliphatic carbocycles. The molecule has 1 heterocycles. The van der Waals surface area contributed by atoms with Crippen LogP contribution < -0.4 is 14.4 Å². The van der Waals surface area contributed by atoms with Crippen LogP contribution in [-0.2, 0) is 11.4 Å². The quantitative estimate of drug-likeness (QED) is 0.166. The van der Waals surface area contributed by atoms with Crippen LogP contribution in [0.1, 0.15) is 11.1 Å². The number of amides is 1. The standard InChI is InChI=1S/C28H19BrClNO3S2/c1-33-24-14-17(13-21(29)26(24)34-16-19-8-3-5-11-22(19)30)15-25-27(32)31(28(35)36-25)23-12-6-9-18-7-2-4-10-20(18)23/h2-15H,16H2,1H3/b25-15-. The lowest BCUT2D eigenvalue weighted by Gasteiger charge is -2.17. The van der Waals surface area contributed by atoms with Crippen LogP contribution in [0.5, 0.6) is 11.5 Å². The van der Waals surface area contributed by atoms with Gasteiger partial charge in [-0.2, -0.15) is 0 Å². The van der Waals surface area contributed by atoms with Crippen molar-refractivity contribution in [3.05, 3.63) is 104 Å². The average Bonchev–Trinajstić information content (AvgIpc) is 3.15. The third-order valence-corrected chi connectivity index (χ3v) is 7.94. The highest BCUT2D eigenvalue weighted by molar-refractivity contribution is 9.10. The zero-order valence-electron chi connectivity index (χ0n) is 19.0. The summed E-state index contributed by atoms with van der Waals surface area (Å²) in [4.78, 5) is 15.6. The molecule has 1 fully saturated rings. The average molecular weight is 597 g/mol. The van der Waals surface area contributed by atoms with Crippen LogP contribution in [0.3, 0.4) is 0 Å². The van der Waals surface area contributed by atoms with E-state index in [1.54, 1.807) is 12.0 Å². The zero-order valence-corrected chi connectivity index (χ0v) is 23.0. The lowest BCUT2D eigenvalue weighted by Crippen LogP contribution is -2.27. The summed E-state index contributed by atoms with van der Waals surface area (Å²) in [5, 5.41) is 2.66. The molecular weight excluding hydrogens is 578 g/mol. The molecule has 4 aromatic rings. The smallest absolute Gasteiger partial charge is 0.270 e. The second-order valence-electron chi connectivity index (χ2n) is 7.93. The van der Waals surface area contributed by atoms with Gasteiger partial charge in [0.15, 0.2) is 15.8 Å². The summed E-state index contributed by atoms with van der Waals surface area (Å²) in [6.07, 6.45) is 1.82. The Labute approximate surface area is 232 Å². The predicted octanol–water partition coefficient (Wildman–Crippen LogP) is 8.25. The number of fused-ring (bicyclic) bond motifs is 1. The Morgan fingerprint density at radius 3 is 2.61 bits per heavy atom. The number of ether oxygens (including phenoxy) is 2. The number of rotatable bonds is 6. The van der Waals surface area contributed by atoms with E-state index >= 15 is 0 Å². The number of nitrogens with zero attached hydrogens (tertiary/aromatic N) is 1. The molecule has 0 unspecified atom stereocenters. The van der Waals surface area contributed by atoms with Crippen molar-refractivity contribution in [1.29, 1.82) is 0 Å². The normalized spacial score (nSPS) is 14.6. The number of carbonyl (C=O) groups excluding carboxylic acids is 1. The van der Waals surface area contributed by atoms with Crippen molar-refractivity contribution in [1.82, 2.24) is 0 Å². The zero-order chi connectivity index (χ0) is 25.2. The van der Waals surface area contributed by atoms with Gasteiger partial charge in [-0.3, -0.25) is 9.69 Å². The molecular formula is C28H19BrClNO3S2. The van der Waals surface area contributed by atoms with E-state index in [-0.39, 0.29) is 12.5 Å². The number of halogens is 2. The second kappa shape index (κ2) is 10.6. The Hall–Kier alpha value is -2.84. The molecule has 8 heteroatoms. The summed E-state index contributed by atoms with van der Waals surface area (Å²) < 4.78 is 12.8. The van der Waals surface area contributed by atoms with Gasteiger partial charge in [0, 0.05) is 16.0 Å². The van der Waals surface area contributed by atoms with Gasteiger partial charge in [0.2, 0.25) is 0 Å². The van der Waals surface area contributed by atoms with Crippen LogP contribution in [0.15, 0.2) is 88.2 Å². The van der Waals surface area contributed by atoms with Crippen LogP contribution in [0.25, 0.3) is 16.8 Å². The highest BCUT2D eigenvalue weighted by Crippen LogP contribution is 2.41. The summed E-state index contributed by atoms with van der Waals surface area (Å²) in [6, 6.07) is 25.1. The van der Waals surface area contributed by atoms with E-state index in [4.69, 9.17) is 33.3 Å². The van der Waals surface area contributed by atoms with E-state index in [0.29, 0.717) is 30.2 Å². The fourth-order valence-electron chi connectivity index (χ4n) is 3.96. The van der Waals surface area contributed by atoms with E-state index < -0.39 is 0 Å². The summed E-state index contributed by atoms with van der Waals surface area (Å²) in [5.74, 6) is 0.931. The van der Waals surface area contributed by atoms with Crippen LogP contribution in [0.4, 0.5) is 5.69 Å². The third kappa shape index (κ3) is 4.89. The maximum atomic E-state index is 13.4. The van der Waals surface area contributed by atoms with Gasteiger partial charge in [-0.1, -0.05) is 90.2 Å². The Kier molecular flexibility index (Phi) is 7.34. The Bertz CT molecular complexity index is 1530. The van der Waals surface area contributed by atoms with Crippen molar-refractivity contribution < 1.29 is 14.3 Å². The van der Waals surface area contributed by atoms with E-state index in [2.05, 4.69) is 15.9 Å². The van der Waals surface area contributed by atoms with Crippen molar-refractivity contribution in [2.24, 2.45) is 0 Å². The summed E-state index contributed by atoms with van der Waals surface area (Å²) in [5.41, 5.74) is 2.43. The summed E-state index contributed by atoms with van der Waals surface area (Å²) in [6.45, 7) is 0.289. The lowest BCUT2D eigenvalue weighted by atomic mass is 10.1. The van der Waals surface area contributed by atoms with Crippen LogP contribution in [0, 0.1) is 0 Å². The number of thioether (sulfide) groups is 1. The lowest BCUT2D eigenvalue weighted by molar-refractivity contribution is -0.113. The van der Waals surface area contributed by atoms with Crippen molar-refractivity contribution in [2.75, 3.05) is 12.0 Å². The molecule has 0 bridgehead atoms. The van der Waals surface area contributed by atoms with Gasteiger partial charge in [0.05, 0.1) is 22.2 Å². The SMILES string of the molecule is COc1cc(/C=C2\SC(=S)N(c3cccc4ccccc34)C2=O)cc(Br)c1OCc1ccccc1Cl. The van der Waals surface area contributed by atoms with Crippen molar-refractivity contribution in [3.8, 4) is 11.5 Å². The van der Waals surface area contributed by atoms with Crippen molar-refractivity contribution >= 4 is 84.3 Å². The van der Waals surface area contributed by atoms with Crippen molar-refractivity contribution in [2.45, 2.75) is 6.61 Å². The van der Waals surface area contributed by atoms with Gasteiger partial charge in [-0.15, -0.1) is 0 Å². The van der Waals surface area contributed by atoms with E-state index in [1.165, 1.54) is 11.8 Å². The molecule has 36 heavy (non-hydrogen) atoms. The Morgan fingerprint density at radius 2 is 1.81 bits per heavy atom. The number of carbonyl (C=O) groups is 1. The van der Waals surface area contributed by atoms with E-state index in [1.807, 2.05) is 84.9 Å². The first-order valence-corrected chi connectivity index (χ1v) is 13.4. The van der Waals surface area contributed by atoms with Crippen LogP contribution in [0.2, 0.25) is 5.02 Å². The molecule has 5 rings (SSSR count). The molecule has 0 saturated carbocycles. The first kappa shape index (κ1) is 24.8. The minimum Gasteiger partial charge on any atom is -0.493 e. The molecule has 1 aliphatic rings. The molecule has 0 N–H and O–H groups in total. The molecule has 0 radical (unpaired) electrons. The molecule has 0 atom stereocenters. The first-order chi connectivity index (χ1) is 17.5. The fraction of sp³-hybridized carbons (Fsp3) is 0.0714. The van der Waals surface area contributed by atoms with E-state index in [9.17, 15) is 4.79 Å². The van der Waals surface area contributed by atoms with Gasteiger partial charge in [0.25, 0.3) is 5.91 Å². The van der Waals surface area contributed by atoms with Gasteiger partial charge in [0.1, 0.15) is 6.61 Å². The number of hydrogen-bond acceptors (Lipinski definition) is 5. The number of thiocarbonyl (C=S) groups is 1. The molecule has 4 aromatic carbocycles. The molecule has 180 valence electrons. The maximum Gasteiger partial charge on any atom is 0.270 e. The Morgan fingerprint density at radius 1 is 1.06 bits per heavy atom. The van der Waals surface area contributed by atoms with Gasteiger partial charge in [-0.25, -0.2) is 0 Å². The minimum atomic E-state index is -0.157. The number of anilines is 1. The maximum absolute atomic E-state index is 13.4. The fourth-order valence-corrected chi connectivity index (χ4v) is 6.01. The van der Waals surface area contributed by atoms with Crippen LogP contribution in [-0.4, -0.2) is 17.3 Å². The molecule has 0 spiro atoms. The third-order valence-electron chi connectivity index (χ3n) is 5.68. The van der Waals surface area contributed by atoms with E-state index in [0.717, 1.165) is 27.6 Å². The number of benzene rings is 4. The number of methoxy groups -OCH3 is 1. The van der Waals surface area contributed by atoms with Crippen LogP contribution >= 0.6 is 51.5 Å². The molecule has 1 aliphatic heterocycles. The van der Waals surface area contributed by atoms with Gasteiger partial charge < -0.3 is 9.47 Å². The number of hydrogen-bond donors (Lipinski definition) is 0. The minimum absolute atomic E-state index is 0.157. The predicted molar refractivity (Wildman–Crippen MR) is 156 cm³/mol.